The molecule has 0 saturated heterocycles. The summed E-state index contributed by atoms with van der Waals surface area (Å²) in [6, 6.07) is 7.62. The fraction of sp³-hybridized carbons (Fsp3) is 0.118. The second kappa shape index (κ2) is 7.62. The van der Waals surface area contributed by atoms with Crippen LogP contribution in [0.25, 0.3) is 6.08 Å². The van der Waals surface area contributed by atoms with E-state index < -0.39 is 43.7 Å². The zero-order valence-electron chi connectivity index (χ0n) is 13.3. The van der Waals surface area contributed by atoms with Crippen molar-refractivity contribution in [3.05, 3.63) is 62.5 Å². The molecule has 0 aliphatic heterocycles. The molecule has 0 amide bonds. The second-order valence-electron chi connectivity index (χ2n) is 5.45. The van der Waals surface area contributed by atoms with Crippen molar-refractivity contribution >= 4 is 31.8 Å². The molecule has 2 rings (SSSR count). The quantitative estimate of drug-likeness (QED) is 0.520. The van der Waals surface area contributed by atoms with Crippen molar-refractivity contribution < 1.29 is 31.8 Å². The van der Waals surface area contributed by atoms with E-state index in [-0.39, 0.29) is 15.6 Å². The molecule has 0 aliphatic carbocycles. The summed E-state index contributed by atoms with van der Waals surface area (Å²) in [6.45, 7) is 0. The third kappa shape index (κ3) is 5.02. The molecule has 10 heteroatoms. The molecular formula is C17H11BrF3NO4S. The lowest BCUT2D eigenvalue weighted by atomic mass is 10.1. The topological polar surface area (TPSA) is 98.4 Å². The number of hydrogen-bond acceptors (Lipinski definition) is 5. The Morgan fingerprint density at radius 1 is 1.22 bits per heavy atom. The van der Waals surface area contributed by atoms with Gasteiger partial charge in [0.2, 0.25) is 0 Å². The smallest absolute Gasteiger partial charge is 0.416 e. The molecule has 2 aromatic carbocycles. The molecule has 0 saturated carbocycles. The van der Waals surface area contributed by atoms with Gasteiger partial charge in [0.1, 0.15) is 11.0 Å². The molecule has 0 unspecified atom stereocenters. The Bertz CT molecular complexity index is 1030. The van der Waals surface area contributed by atoms with E-state index in [0.717, 1.165) is 24.3 Å². The van der Waals surface area contributed by atoms with Crippen molar-refractivity contribution in [2.24, 2.45) is 0 Å². The maximum absolute atomic E-state index is 12.8. The van der Waals surface area contributed by atoms with E-state index in [1.54, 1.807) is 0 Å². The molecule has 0 aliphatic rings. The van der Waals surface area contributed by atoms with Gasteiger partial charge in [-0.15, -0.1) is 0 Å². The van der Waals surface area contributed by atoms with E-state index in [1.807, 2.05) is 0 Å². The largest absolute Gasteiger partial charge is 0.504 e. The van der Waals surface area contributed by atoms with E-state index in [9.17, 15) is 37.1 Å². The van der Waals surface area contributed by atoms with Gasteiger partial charge < -0.3 is 10.2 Å². The average Bonchev–Trinajstić information content (AvgIpc) is 2.56. The number of sulfone groups is 1. The first-order chi connectivity index (χ1) is 12.4. The lowest BCUT2D eigenvalue weighted by Crippen LogP contribution is -2.09. The summed E-state index contributed by atoms with van der Waals surface area (Å²) in [4.78, 5) is -0.697. The highest BCUT2D eigenvalue weighted by atomic mass is 79.9. The van der Waals surface area contributed by atoms with Gasteiger partial charge in [0.25, 0.3) is 0 Å². The molecule has 0 spiro atoms. The molecule has 142 valence electrons. The van der Waals surface area contributed by atoms with Crippen molar-refractivity contribution in [3.63, 3.8) is 0 Å². The van der Waals surface area contributed by atoms with Gasteiger partial charge in [0.15, 0.2) is 21.3 Å². The molecular weight excluding hydrogens is 451 g/mol. The van der Waals surface area contributed by atoms with Crippen molar-refractivity contribution in [3.8, 4) is 17.6 Å². The van der Waals surface area contributed by atoms with Crippen molar-refractivity contribution in [1.82, 2.24) is 0 Å². The van der Waals surface area contributed by atoms with Gasteiger partial charge in [0, 0.05) is 0 Å². The van der Waals surface area contributed by atoms with Gasteiger partial charge in [0.05, 0.1) is 15.8 Å². The van der Waals surface area contributed by atoms with Crippen LogP contribution in [0.5, 0.6) is 11.5 Å². The maximum Gasteiger partial charge on any atom is 0.416 e. The van der Waals surface area contributed by atoms with E-state index in [0.29, 0.717) is 6.07 Å². The zero-order valence-corrected chi connectivity index (χ0v) is 15.7. The molecule has 2 aromatic rings. The van der Waals surface area contributed by atoms with Crippen LogP contribution in [0.15, 0.2) is 45.8 Å². The van der Waals surface area contributed by atoms with Gasteiger partial charge in [-0.3, -0.25) is 0 Å². The summed E-state index contributed by atoms with van der Waals surface area (Å²) >= 11 is 2.96. The third-order valence-corrected chi connectivity index (χ3v) is 5.62. The van der Waals surface area contributed by atoms with Gasteiger partial charge in [-0.05, 0) is 51.3 Å². The van der Waals surface area contributed by atoms with E-state index in [1.165, 1.54) is 18.2 Å². The normalized spacial score (nSPS) is 12.6. The van der Waals surface area contributed by atoms with Gasteiger partial charge in [-0.25, -0.2) is 8.42 Å². The van der Waals surface area contributed by atoms with Crippen LogP contribution < -0.4 is 0 Å². The summed E-state index contributed by atoms with van der Waals surface area (Å²) in [5, 5.41) is 28.2. The van der Waals surface area contributed by atoms with Crippen LogP contribution in [0.4, 0.5) is 13.2 Å². The SMILES string of the molecule is N#C/C(=C/c1cc(O)c(O)c(Br)c1)S(=O)(=O)Cc1cccc(C(F)(F)F)c1. The number of alkyl halides is 3. The van der Waals surface area contributed by atoms with Crippen LogP contribution in [0.3, 0.4) is 0 Å². The monoisotopic (exact) mass is 461 g/mol. The minimum Gasteiger partial charge on any atom is -0.504 e. The number of nitriles is 1. The highest BCUT2D eigenvalue weighted by Crippen LogP contribution is 2.35. The van der Waals surface area contributed by atoms with Crippen molar-refractivity contribution in [1.29, 1.82) is 5.26 Å². The molecule has 0 radical (unpaired) electrons. The number of halogens is 4. The Balaban J connectivity index is 2.41. The maximum atomic E-state index is 12.8. The minimum atomic E-state index is -4.62. The standard InChI is InChI=1S/C17H11BrF3NO4S/c18-14-6-11(7-15(23)16(14)24)5-13(8-22)27(25,26)9-10-2-1-3-12(4-10)17(19,20)21/h1-7,23-24H,9H2/b13-5-. The molecule has 0 heterocycles. The molecule has 0 bridgehead atoms. The number of benzene rings is 2. The number of aromatic hydroxyl groups is 2. The minimum absolute atomic E-state index is 0.0707. The number of phenolic OH excluding ortho intramolecular Hbond substituents is 2. The Morgan fingerprint density at radius 2 is 1.89 bits per heavy atom. The zero-order chi connectivity index (χ0) is 20.4. The van der Waals surface area contributed by atoms with Gasteiger partial charge in [-0.2, -0.15) is 18.4 Å². The first kappa shape index (κ1) is 20.8. The number of nitrogens with zero attached hydrogens (tertiary/aromatic N) is 1. The molecule has 27 heavy (non-hydrogen) atoms. The molecule has 0 aromatic heterocycles. The highest BCUT2D eigenvalue weighted by molar-refractivity contribution is 9.10. The van der Waals surface area contributed by atoms with Crippen LogP contribution in [-0.4, -0.2) is 18.6 Å². The summed E-state index contributed by atoms with van der Waals surface area (Å²) in [5.41, 5.74) is -1.02. The second-order valence-corrected chi connectivity index (χ2v) is 8.26. The molecule has 0 fully saturated rings. The van der Waals surface area contributed by atoms with E-state index in [4.69, 9.17) is 0 Å². The Kier molecular flexibility index (Phi) is 5.87. The molecule has 5 nitrogen and oxygen atoms in total. The summed E-state index contributed by atoms with van der Waals surface area (Å²) in [6.07, 6.45) is -3.67. The fourth-order valence-electron chi connectivity index (χ4n) is 2.17. The van der Waals surface area contributed by atoms with E-state index >= 15 is 0 Å². The summed E-state index contributed by atoms with van der Waals surface area (Å²) in [7, 11) is -4.25. The number of phenols is 2. The van der Waals surface area contributed by atoms with Crippen LogP contribution in [-0.2, 0) is 21.8 Å². The van der Waals surface area contributed by atoms with Gasteiger partial charge >= 0.3 is 6.18 Å². The van der Waals surface area contributed by atoms with Gasteiger partial charge in [-0.1, -0.05) is 18.2 Å². The molecule has 0 atom stereocenters. The van der Waals surface area contributed by atoms with Crippen LogP contribution >= 0.6 is 15.9 Å². The number of rotatable bonds is 4. The number of hydrogen-bond donors (Lipinski definition) is 2. The lowest BCUT2D eigenvalue weighted by molar-refractivity contribution is -0.137. The summed E-state index contributed by atoms with van der Waals surface area (Å²) in [5.74, 6) is -1.80. The predicted molar refractivity (Wildman–Crippen MR) is 95.1 cm³/mol. The highest BCUT2D eigenvalue weighted by Gasteiger charge is 2.31. The van der Waals surface area contributed by atoms with Crippen LogP contribution in [0.2, 0.25) is 0 Å². The van der Waals surface area contributed by atoms with Crippen molar-refractivity contribution in [2.75, 3.05) is 0 Å². The molecule has 2 N–H and O–H groups in total. The Morgan fingerprint density at radius 3 is 2.44 bits per heavy atom. The average molecular weight is 462 g/mol. The lowest BCUT2D eigenvalue weighted by Gasteiger charge is -2.09. The number of allylic oxidation sites excluding steroid dienone is 1. The first-order valence-corrected chi connectivity index (χ1v) is 9.61. The Hall–Kier alpha value is -2.51. The predicted octanol–water partition coefficient (Wildman–Crippen LogP) is 4.36. The first-order valence-electron chi connectivity index (χ1n) is 7.16. The van der Waals surface area contributed by atoms with Crippen LogP contribution in [0.1, 0.15) is 16.7 Å². The van der Waals surface area contributed by atoms with Crippen molar-refractivity contribution in [2.45, 2.75) is 11.9 Å². The third-order valence-electron chi connectivity index (χ3n) is 3.42. The Labute approximate surface area is 161 Å². The van der Waals surface area contributed by atoms with Crippen LogP contribution in [0, 0.1) is 11.3 Å². The van der Waals surface area contributed by atoms with E-state index in [2.05, 4.69) is 15.9 Å². The summed E-state index contributed by atoms with van der Waals surface area (Å²) < 4.78 is 63.2. The fourth-order valence-corrected chi connectivity index (χ4v) is 3.86.